The molecule has 0 N–H and O–H groups in total. The van der Waals surface area contributed by atoms with Gasteiger partial charge in [0.25, 0.3) is 0 Å². The van der Waals surface area contributed by atoms with Gasteiger partial charge in [0.15, 0.2) is 0 Å². The van der Waals surface area contributed by atoms with Crippen LogP contribution in [0.4, 0.5) is 0 Å². The Morgan fingerprint density at radius 2 is 1.86 bits per heavy atom. The number of carbonyl (C=O) groups is 1. The lowest BCUT2D eigenvalue weighted by molar-refractivity contribution is -0.133. The maximum absolute atomic E-state index is 12.0. The van der Waals surface area contributed by atoms with E-state index in [1.807, 2.05) is 18.2 Å². The number of carbonyl (C=O) groups excluding carboxylic acids is 1. The lowest BCUT2D eigenvalue weighted by Gasteiger charge is -2.04. The van der Waals surface area contributed by atoms with E-state index in [-0.39, 0.29) is 12.4 Å². The number of halogens is 1. The van der Waals surface area contributed by atoms with Crippen molar-refractivity contribution in [3.8, 4) is 11.5 Å². The monoisotopic (exact) mass is 316 g/mol. The molecule has 1 heterocycles. The second-order valence-electron chi connectivity index (χ2n) is 4.73. The summed E-state index contributed by atoms with van der Waals surface area (Å²) in [6, 6.07) is 12.1. The first-order valence-electron chi connectivity index (χ1n) is 6.66. The molecule has 0 atom stereocenters. The predicted octanol–water partition coefficient (Wildman–Crippen LogP) is 4.24. The van der Waals surface area contributed by atoms with Gasteiger partial charge in [-0.1, -0.05) is 11.6 Å². The van der Waals surface area contributed by atoms with Gasteiger partial charge in [-0.15, -0.1) is 0 Å². The molecule has 112 valence electrons. The van der Waals surface area contributed by atoms with Gasteiger partial charge < -0.3 is 13.9 Å². The van der Waals surface area contributed by atoms with Crippen molar-refractivity contribution in [2.45, 2.75) is 6.42 Å². The van der Waals surface area contributed by atoms with Crippen LogP contribution in [-0.2, 0) is 11.2 Å². The van der Waals surface area contributed by atoms with Crippen LogP contribution >= 0.6 is 11.6 Å². The third-order valence-electron chi connectivity index (χ3n) is 3.24. The van der Waals surface area contributed by atoms with Crippen LogP contribution < -0.4 is 9.47 Å². The molecule has 3 rings (SSSR count). The molecule has 0 fully saturated rings. The van der Waals surface area contributed by atoms with Gasteiger partial charge in [0, 0.05) is 16.0 Å². The summed E-state index contributed by atoms with van der Waals surface area (Å²) in [5.41, 5.74) is 1.46. The van der Waals surface area contributed by atoms with Crippen LogP contribution in [0.15, 0.2) is 53.1 Å². The van der Waals surface area contributed by atoms with E-state index >= 15 is 0 Å². The summed E-state index contributed by atoms with van der Waals surface area (Å²) < 4.78 is 15.9. The topological polar surface area (TPSA) is 48.7 Å². The van der Waals surface area contributed by atoms with E-state index in [9.17, 15) is 4.79 Å². The van der Waals surface area contributed by atoms with E-state index < -0.39 is 0 Å². The molecule has 5 heteroatoms. The van der Waals surface area contributed by atoms with Crippen LogP contribution in [-0.4, -0.2) is 13.1 Å². The number of hydrogen-bond acceptors (Lipinski definition) is 4. The van der Waals surface area contributed by atoms with E-state index in [1.165, 1.54) is 0 Å². The quantitative estimate of drug-likeness (QED) is 0.533. The number of rotatable bonds is 4. The fraction of sp³-hybridized carbons (Fsp3) is 0.118. The Morgan fingerprint density at radius 3 is 2.59 bits per heavy atom. The molecule has 0 aliphatic heterocycles. The first kappa shape index (κ1) is 14.5. The first-order chi connectivity index (χ1) is 10.7. The zero-order chi connectivity index (χ0) is 15.5. The molecule has 22 heavy (non-hydrogen) atoms. The smallest absolute Gasteiger partial charge is 0.315 e. The largest absolute Gasteiger partial charge is 0.497 e. The Morgan fingerprint density at radius 1 is 1.14 bits per heavy atom. The average Bonchev–Trinajstić information content (AvgIpc) is 2.91. The maximum atomic E-state index is 12.0. The molecule has 0 aliphatic carbocycles. The van der Waals surface area contributed by atoms with Gasteiger partial charge in [-0.25, -0.2) is 0 Å². The minimum Gasteiger partial charge on any atom is -0.497 e. The lowest BCUT2D eigenvalue weighted by atomic mass is 10.1. The summed E-state index contributed by atoms with van der Waals surface area (Å²) in [6.45, 7) is 0. The first-order valence-corrected chi connectivity index (χ1v) is 7.04. The van der Waals surface area contributed by atoms with Crippen molar-refractivity contribution >= 4 is 28.5 Å². The maximum Gasteiger partial charge on any atom is 0.315 e. The molecular weight excluding hydrogens is 304 g/mol. The van der Waals surface area contributed by atoms with Gasteiger partial charge in [-0.05, 0) is 42.5 Å². The molecule has 0 radical (unpaired) electrons. The summed E-state index contributed by atoms with van der Waals surface area (Å²) in [5.74, 6) is 0.800. The van der Waals surface area contributed by atoms with Gasteiger partial charge in [0.05, 0.1) is 19.8 Å². The van der Waals surface area contributed by atoms with Gasteiger partial charge in [-0.3, -0.25) is 4.79 Å². The molecule has 0 bridgehead atoms. The lowest BCUT2D eigenvalue weighted by Crippen LogP contribution is -2.10. The van der Waals surface area contributed by atoms with Crippen LogP contribution in [0.1, 0.15) is 5.56 Å². The Kier molecular flexibility index (Phi) is 4.02. The molecule has 4 nitrogen and oxygen atoms in total. The fourth-order valence-electron chi connectivity index (χ4n) is 2.15. The highest BCUT2D eigenvalue weighted by molar-refractivity contribution is 6.30. The van der Waals surface area contributed by atoms with E-state index in [2.05, 4.69) is 0 Å². The number of furan rings is 1. The van der Waals surface area contributed by atoms with Crippen LogP contribution in [0.3, 0.4) is 0 Å². The molecule has 0 aliphatic rings. The highest BCUT2D eigenvalue weighted by atomic mass is 35.5. The van der Waals surface area contributed by atoms with Crippen molar-refractivity contribution in [1.82, 2.24) is 0 Å². The summed E-state index contributed by atoms with van der Waals surface area (Å²) in [6.07, 6.45) is 1.68. The minimum absolute atomic E-state index is 0.114. The zero-order valence-corrected chi connectivity index (χ0v) is 12.6. The third kappa shape index (κ3) is 3.07. The average molecular weight is 317 g/mol. The number of benzene rings is 2. The summed E-state index contributed by atoms with van der Waals surface area (Å²) in [5, 5.41) is 1.43. The summed E-state index contributed by atoms with van der Waals surface area (Å²) in [4.78, 5) is 12.0. The number of hydrogen-bond donors (Lipinski definition) is 0. The van der Waals surface area contributed by atoms with Crippen molar-refractivity contribution < 1.29 is 18.7 Å². The van der Waals surface area contributed by atoms with Crippen molar-refractivity contribution in [2.24, 2.45) is 0 Å². The van der Waals surface area contributed by atoms with Crippen molar-refractivity contribution in [3.63, 3.8) is 0 Å². The summed E-state index contributed by atoms with van der Waals surface area (Å²) >= 11 is 5.79. The highest BCUT2D eigenvalue weighted by Crippen LogP contribution is 2.26. The SMILES string of the molecule is COc1ccc2occ(CC(=O)Oc3ccc(Cl)cc3)c2c1. The van der Waals surface area contributed by atoms with Crippen molar-refractivity contribution in [2.75, 3.05) is 7.11 Å². The standard InChI is InChI=1S/C17H13ClO4/c1-20-14-6-7-16-15(9-14)11(10-21-16)8-17(19)22-13-4-2-12(18)3-5-13/h2-7,9-10H,8H2,1H3. The molecule has 0 saturated carbocycles. The van der Waals surface area contributed by atoms with E-state index in [0.29, 0.717) is 22.1 Å². The number of esters is 1. The molecular formula is C17H13ClO4. The summed E-state index contributed by atoms with van der Waals surface area (Å²) in [7, 11) is 1.59. The van der Waals surface area contributed by atoms with Crippen LogP contribution in [0, 0.1) is 0 Å². The number of fused-ring (bicyclic) bond motifs is 1. The Bertz CT molecular complexity index is 805. The molecule has 0 amide bonds. The van der Waals surface area contributed by atoms with Gasteiger partial charge in [-0.2, -0.15) is 0 Å². The molecule has 0 saturated heterocycles. The van der Waals surface area contributed by atoms with Gasteiger partial charge in [0.1, 0.15) is 17.1 Å². The fourth-order valence-corrected chi connectivity index (χ4v) is 2.28. The number of methoxy groups -OCH3 is 1. The van der Waals surface area contributed by atoms with Crippen LogP contribution in [0.2, 0.25) is 5.02 Å². The van der Waals surface area contributed by atoms with Crippen molar-refractivity contribution in [1.29, 1.82) is 0 Å². The van der Waals surface area contributed by atoms with E-state index in [1.54, 1.807) is 37.6 Å². The molecule has 2 aromatic carbocycles. The second kappa shape index (κ2) is 6.12. The van der Waals surface area contributed by atoms with Gasteiger partial charge >= 0.3 is 5.97 Å². The molecule has 3 aromatic rings. The molecule has 0 spiro atoms. The Balaban J connectivity index is 1.77. The highest BCUT2D eigenvalue weighted by Gasteiger charge is 2.13. The number of ether oxygens (including phenoxy) is 2. The minimum atomic E-state index is -0.368. The Hall–Kier alpha value is -2.46. The predicted molar refractivity (Wildman–Crippen MR) is 83.6 cm³/mol. The van der Waals surface area contributed by atoms with Crippen LogP contribution in [0.25, 0.3) is 11.0 Å². The van der Waals surface area contributed by atoms with Crippen molar-refractivity contribution in [3.05, 3.63) is 59.3 Å². The third-order valence-corrected chi connectivity index (χ3v) is 3.49. The van der Waals surface area contributed by atoms with E-state index in [0.717, 1.165) is 10.9 Å². The van der Waals surface area contributed by atoms with E-state index in [4.69, 9.17) is 25.5 Å². The van der Waals surface area contributed by atoms with Crippen LogP contribution in [0.5, 0.6) is 11.5 Å². The second-order valence-corrected chi connectivity index (χ2v) is 5.16. The molecule has 1 aromatic heterocycles. The Labute approximate surface area is 132 Å². The molecule has 0 unspecified atom stereocenters. The van der Waals surface area contributed by atoms with Gasteiger partial charge in [0.2, 0.25) is 0 Å². The normalized spacial score (nSPS) is 10.6. The zero-order valence-electron chi connectivity index (χ0n) is 11.8.